The first kappa shape index (κ1) is 16.3. The third-order valence-corrected chi connectivity index (χ3v) is 4.30. The zero-order valence-electron chi connectivity index (χ0n) is 13.6. The number of sulfonamides is 1. The number of imidazole rings is 1. The van der Waals surface area contributed by atoms with Crippen LogP contribution in [0.25, 0.3) is 22.6 Å². The lowest BCUT2D eigenvalue weighted by Crippen LogP contribution is -2.09. The van der Waals surface area contributed by atoms with Crippen LogP contribution < -0.4 is 4.72 Å². The van der Waals surface area contributed by atoms with Gasteiger partial charge in [-0.1, -0.05) is 31.2 Å². The summed E-state index contributed by atoms with van der Waals surface area (Å²) in [6.07, 6.45) is 4.02. The van der Waals surface area contributed by atoms with Crippen LogP contribution in [0, 0.1) is 0 Å². The molecule has 0 amide bonds. The van der Waals surface area contributed by atoms with E-state index in [1.807, 2.05) is 18.3 Å². The Morgan fingerprint density at radius 1 is 1.00 bits per heavy atom. The maximum Gasteiger partial charge on any atom is 0.229 e. The van der Waals surface area contributed by atoms with E-state index < -0.39 is 10.0 Å². The maximum atomic E-state index is 11.2. The average Bonchev–Trinajstić information content (AvgIpc) is 3.04. The Morgan fingerprint density at radius 3 is 2.21 bits per heavy atom. The molecule has 0 radical (unpaired) electrons. The van der Waals surface area contributed by atoms with E-state index in [-0.39, 0.29) is 0 Å². The van der Waals surface area contributed by atoms with Gasteiger partial charge in [0, 0.05) is 23.0 Å². The first-order chi connectivity index (χ1) is 11.4. The van der Waals surface area contributed by atoms with Gasteiger partial charge in [-0.3, -0.25) is 4.72 Å². The third kappa shape index (κ3) is 3.83. The second-order valence-corrected chi connectivity index (χ2v) is 7.38. The van der Waals surface area contributed by atoms with E-state index in [9.17, 15) is 8.42 Å². The highest BCUT2D eigenvalue weighted by atomic mass is 32.2. The Bertz CT molecular complexity index is 927. The van der Waals surface area contributed by atoms with Crippen LogP contribution in [0.2, 0.25) is 0 Å². The quantitative estimate of drug-likeness (QED) is 0.743. The minimum absolute atomic E-state index is 0.531. The van der Waals surface area contributed by atoms with Crippen molar-refractivity contribution in [2.24, 2.45) is 0 Å². The fourth-order valence-corrected chi connectivity index (χ4v) is 3.00. The standard InChI is InChI=1S/C18H19N3O2S/c1-3-13-4-6-14(7-5-13)17-12-19-18(20-17)15-8-10-16(11-9-15)21-24(2,22)23/h4-12,21H,3H2,1-2H3,(H,19,20). The number of nitrogens with zero attached hydrogens (tertiary/aromatic N) is 1. The molecule has 0 spiro atoms. The second kappa shape index (κ2) is 6.49. The minimum atomic E-state index is -3.27. The molecule has 0 aliphatic heterocycles. The number of aromatic nitrogens is 2. The van der Waals surface area contributed by atoms with Gasteiger partial charge in [-0.25, -0.2) is 13.4 Å². The topological polar surface area (TPSA) is 74.8 Å². The number of nitrogens with one attached hydrogen (secondary N) is 2. The van der Waals surface area contributed by atoms with Crippen molar-refractivity contribution in [3.63, 3.8) is 0 Å². The molecule has 0 atom stereocenters. The van der Waals surface area contributed by atoms with Crippen LogP contribution in [0.3, 0.4) is 0 Å². The number of benzene rings is 2. The zero-order valence-corrected chi connectivity index (χ0v) is 14.4. The van der Waals surface area contributed by atoms with Crippen LogP contribution in [0.5, 0.6) is 0 Å². The molecule has 6 heteroatoms. The summed E-state index contributed by atoms with van der Waals surface area (Å²) in [5.74, 6) is 0.746. The SMILES string of the molecule is CCc1ccc(-c2c[nH]c(-c3ccc(NS(C)(=O)=O)cc3)n2)cc1. The summed E-state index contributed by atoms with van der Waals surface area (Å²) in [6.45, 7) is 2.13. The van der Waals surface area contributed by atoms with Crippen LogP contribution in [-0.2, 0) is 16.4 Å². The summed E-state index contributed by atoms with van der Waals surface area (Å²) in [4.78, 5) is 7.78. The third-order valence-electron chi connectivity index (χ3n) is 3.70. The van der Waals surface area contributed by atoms with Crippen molar-refractivity contribution >= 4 is 15.7 Å². The lowest BCUT2D eigenvalue weighted by Gasteiger charge is -2.04. The van der Waals surface area contributed by atoms with E-state index in [2.05, 4.69) is 45.9 Å². The Morgan fingerprint density at radius 2 is 1.62 bits per heavy atom. The van der Waals surface area contributed by atoms with Gasteiger partial charge in [-0.2, -0.15) is 0 Å². The first-order valence-electron chi connectivity index (χ1n) is 7.67. The Kier molecular flexibility index (Phi) is 4.40. The van der Waals surface area contributed by atoms with Gasteiger partial charge in [-0.15, -0.1) is 0 Å². The van der Waals surface area contributed by atoms with Crippen molar-refractivity contribution in [3.8, 4) is 22.6 Å². The van der Waals surface area contributed by atoms with E-state index in [1.54, 1.807) is 12.1 Å². The van der Waals surface area contributed by atoms with Crippen LogP contribution in [-0.4, -0.2) is 24.6 Å². The normalized spacial score (nSPS) is 11.4. The summed E-state index contributed by atoms with van der Waals surface area (Å²) >= 11 is 0. The average molecular weight is 341 g/mol. The number of aryl methyl sites for hydroxylation is 1. The number of hydrogen-bond donors (Lipinski definition) is 2. The lowest BCUT2D eigenvalue weighted by molar-refractivity contribution is 0.607. The molecule has 3 aromatic rings. The van der Waals surface area contributed by atoms with Crippen molar-refractivity contribution < 1.29 is 8.42 Å². The first-order valence-corrected chi connectivity index (χ1v) is 9.57. The zero-order chi connectivity index (χ0) is 17.2. The van der Waals surface area contributed by atoms with Crippen LogP contribution in [0.15, 0.2) is 54.7 Å². The van der Waals surface area contributed by atoms with Crippen molar-refractivity contribution in [1.82, 2.24) is 9.97 Å². The van der Waals surface area contributed by atoms with Gasteiger partial charge in [0.15, 0.2) is 0 Å². The highest BCUT2D eigenvalue weighted by Crippen LogP contribution is 2.24. The van der Waals surface area contributed by atoms with Crippen molar-refractivity contribution in [1.29, 1.82) is 0 Å². The molecule has 0 bridgehead atoms. The van der Waals surface area contributed by atoms with Crippen molar-refractivity contribution in [2.75, 3.05) is 11.0 Å². The molecule has 2 aromatic carbocycles. The van der Waals surface area contributed by atoms with E-state index in [0.29, 0.717) is 5.69 Å². The fourth-order valence-electron chi connectivity index (χ4n) is 2.44. The number of hydrogen-bond acceptors (Lipinski definition) is 3. The number of anilines is 1. The predicted octanol–water partition coefficient (Wildman–Crippen LogP) is 3.68. The molecule has 1 heterocycles. The fraction of sp³-hybridized carbons (Fsp3) is 0.167. The van der Waals surface area contributed by atoms with E-state index in [0.717, 1.165) is 35.3 Å². The minimum Gasteiger partial charge on any atom is -0.344 e. The number of aromatic amines is 1. The lowest BCUT2D eigenvalue weighted by atomic mass is 10.1. The van der Waals surface area contributed by atoms with Gasteiger partial charge in [0.1, 0.15) is 5.82 Å². The molecular weight excluding hydrogens is 322 g/mol. The molecule has 124 valence electrons. The molecular formula is C18H19N3O2S. The number of rotatable bonds is 5. The molecule has 0 saturated heterocycles. The van der Waals surface area contributed by atoms with Crippen LogP contribution in [0.4, 0.5) is 5.69 Å². The second-order valence-electron chi connectivity index (χ2n) is 5.64. The van der Waals surface area contributed by atoms with Gasteiger partial charge >= 0.3 is 0 Å². The van der Waals surface area contributed by atoms with Gasteiger partial charge in [0.05, 0.1) is 11.9 Å². The summed E-state index contributed by atoms with van der Waals surface area (Å²) in [6, 6.07) is 15.4. The largest absolute Gasteiger partial charge is 0.344 e. The molecule has 0 aliphatic rings. The molecule has 0 unspecified atom stereocenters. The molecule has 5 nitrogen and oxygen atoms in total. The van der Waals surface area contributed by atoms with Crippen molar-refractivity contribution in [2.45, 2.75) is 13.3 Å². The molecule has 0 aliphatic carbocycles. The molecule has 2 N–H and O–H groups in total. The smallest absolute Gasteiger partial charge is 0.229 e. The molecule has 0 fully saturated rings. The van der Waals surface area contributed by atoms with E-state index >= 15 is 0 Å². The van der Waals surface area contributed by atoms with Gasteiger partial charge in [0.25, 0.3) is 0 Å². The highest BCUT2D eigenvalue weighted by molar-refractivity contribution is 7.92. The summed E-state index contributed by atoms with van der Waals surface area (Å²) in [5.41, 5.74) is 4.66. The Labute approximate surface area is 141 Å². The highest BCUT2D eigenvalue weighted by Gasteiger charge is 2.07. The molecule has 24 heavy (non-hydrogen) atoms. The molecule has 0 saturated carbocycles. The monoisotopic (exact) mass is 341 g/mol. The van der Waals surface area contributed by atoms with E-state index in [4.69, 9.17) is 0 Å². The summed E-state index contributed by atoms with van der Waals surface area (Å²) in [5, 5.41) is 0. The molecule has 3 rings (SSSR count). The van der Waals surface area contributed by atoms with Gasteiger partial charge in [0.2, 0.25) is 10.0 Å². The van der Waals surface area contributed by atoms with Gasteiger partial charge < -0.3 is 4.98 Å². The maximum absolute atomic E-state index is 11.2. The van der Waals surface area contributed by atoms with E-state index in [1.165, 1.54) is 5.56 Å². The summed E-state index contributed by atoms with van der Waals surface area (Å²) < 4.78 is 24.9. The van der Waals surface area contributed by atoms with Gasteiger partial charge in [-0.05, 0) is 36.2 Å². The summed E-state index contributed by atoms with van der Waals surface area (Å²) in [7, 11) is -3.27. The van der Waals surface area contributed by atoms with Crippen molar-refractivity contribution in [3.05, 3.63) is 60.3 Å². The Hall–Kier alpha value is -2.60. The number of H-pyrrole nitrogens is 1. The predicted molar refractivity (Wildman–Crippen MR) is 97.3 cm³/mol. The van der Waals surface area contributed by atoms with Crippen LogP contribution in [0.1, 0.15) is 12.5 Å². The molecule has 1 aromatic heterocycles. The Balaban J connectivity index is 1.82. The van der Waals surface area contributed by atoms with Crippen LogP contribution >= 0.6 is 0 Å².